The van der Waals surface area contributed by atoms with Gasteiger partial charge < -0.3 is 5.32 Å². The Balaban J connectivity index is 0.000000963. The van der Waals surface area contributed by atoms with Crippen molar-refractivity contribution in [2.75, 3.05) is 6.54 Å². The third kappa shape index (κ3) is 2.09. The molecule has 3 heterocycles. The van der Waals surface area contributed by atoms with E-state index >= 15 is 0 Å². The molecule has 5 heteroatoms. The normalized spacial score (nSPS) is 14.0. The molecule has 0 unspecified atom stereocenters. The van der Waals surface area contributed by atoms with E-state index in [1.807, 2.05) is 24.5 Å². The van der Waals surface area contributed by atoms with Gasteiger partial charge in [-0.2, -0.15) is 0 Å². The van der Waals surface area contributed by atoms with E-state index in [0.717, 1.165) is 24.5 Å². The number of rotatable bonds is 1. The van der Waals surface area contributed by atoms with Crippen molar-refractivity contribution in [2.45, 2.75) is 13.0 Å². The first-order valence-electron chi connectivity index (χ1n) is 5.03. The monoisotopic (exact) mass is 253 g/mol. The highest BCUT2D eigenvalue weighted by atomic mass is 35.5. The average Bonchev–Trinajstić information content (AvgIpc) is 2.74. The van der Waals surface area contributed by atoms with Gasteiger partial charge in [-0.05, 0) is 12.1 Å². The van der Waals surface area contributed by atoms with Crippen molar-refractivity contribution in [2.24, 2.45) is 0 Å². The quantitative estimate of drug-likeness (QED) is 0.847. The molecule has 0 radical (unpaired) electrons. The molecule has 0 fully saturated rings. The molecule has 0 bridgehead atoms. The lowest BCUT2D eigenvalue weighted by Gasteiger charge is -2.09. The molecule has 3 nitrogen and oxygen atoms in total. The Bertz CT molecular complexity index is 446. The molecule has 2 aromatic heterocycles. The first-order valence-corrected chi connectivity index (χ1v) is 5.85. The summed E-state index contributed by atoms with van der Waals surface area (Å²) in [6.45, 7) is 2.02. The molecular weight excluding hydrogens is 242 g/mol. The van der Waals surface area contributed by atoms with Crippen LogP contribution in [0.1, 0.15) is 10.6 Å². The fraction of sp³-hybridized carbons (Fsp3) is 0.273. The number of nitrogens with one attached hydrogen (secondary N) is 1. The van der Waals surface area contributed by atoms with Crippen LogP contribution in [0.4, 0.5) is 0 Å². The van der Waals surface area contributed by atoms with Gasteiger partial charge >= 0.3 is 0 Å². The molecule has 0 saturated carbocycles. The molecule has 0 saturated heterocycles. The molecular formula is C11H12ClN3S. The Hall–Kier alpha value is -0.970. The molecule has 0 amide bonds. The minimum absolute atomic E-state index is 0. The Morgan fingerprint density at radius 2 is 2.06 bits per heavy atom. The van der Waals surface area contributed by atoms with Crippen molar-refractivity contribution in [1.29, 1.82) is 0 Å². The molecule has 3 rings (SSSR count). The van der Waals surface area contributed by atoms with E-state index < -0.39 is 0 Å². The summed E-state index contributed by atoms with van der Waals surface area (Å²) in [4.78, 5) is 10.1. The highest BCUT2D eigenvalue weighted by Crippen LogP contribution is 2.29. The molecule has 0 aliphatic carbocycles. The number of hydrogen-bond donors (Lipinski definition) is 1. The second-order valence-corrected chi connectivity index (χ2v) is 4.64. The first kappa shape index (κ1) is 11.5. The summed E-state index contributed by atoms with van der Waals surface area (Å²) < 4.78 is 0. The fourth-order valence-corrected chi connectivity index (χ4v) is 2.83. The lowest BCUT2D eigenvalue weighted by molar-refractivity contribution is 0.644. The van der Waals surface area contributed by atoms with Crippen LogP contribution < -0.4 is 5.32 Å². The number of aromatic nitrogens is 2. The summed E-state index contributed by atoms with van der Waals surface area (Å²) in [6.07, 6.45) is 4.68. The van der Waals surface area contributed by atoms with Gasteiger partial charge in [0, 0.05) is 42.3 Å². The molecule has 0 spiro atoms. The van der Waals surface area contributed by atoms with Gasteiger partial charge in [0.1, 0.15) is 5.01 Å². The first-order chi connectivity index (χ1) is 7.43. The Labute approximate surface area is 104 Å². The van der Waals surface area contributed by atoms with Gasteiger partial charge in [-0.25, -0.2) is 4.98 Å². The van der Waals surface area contributed by atoms with E-state index in [2.05, 4.69) is 15.3 Å². The molecule has 84 valence electrons. The molecule has 1 aliphatic rings. The second-order valence-electron chi connectivity index (χ2n) is 3.55. The average molecular weight is 254 g/mol. The maximum absolute atomic E-state index is 4.67. The molecule has 0 atom stereocenters. The van der Waals surface area contributed by atoms with Crippen LogP contribution in [-0.4, -0.2) is 16.5 Å². The maximum atomic E-state index is 4.67. The van der Waals surface area contributed by atoms with Crippen LogP contribution in [0.15, 0.2) is 24.5 Å². The summed E-state index contributed by atoms with van der Waals surface area (Å²) in [5, 5.41) is 4.48. The number of pyridine rings is 1. The van der Waals surface area contributed by atoms with Crippen LogP contribution in [0, 0.1) is 0 Å². The van der Waals surface area contributed by atoms with Gasteiger partial charge in [-0.1, -0.05) is 0 Å². The van der Waals surface area contributed by atoms with E-state index in [1.54, 1.807) is 11.3 Å². The fourth-order valence-electron chi connectivity index (χ4n) is 1.74. The number of halogens is 1. The lowest BCUT2D eigenvalue weighted by Crippen LogP contribution is -2.22. The third-order valence-electron chi connectivity index (χ3n) is 2.53. The molecule has 2 aromatic rings. The van der Waals surface area contributed by atoms with Crippen molar-refractivity contribution < 1.29 is 0 Å². The topological polar surface area (TPSA) is 37.8 Å². The van der Waals surface area contributed by atoms with Crippen LogP contribution >= 0.6 is 23.7 Å². The zero-order valence-corrected chi connectivity index (χ0v) is 10.3. The number of thiazole rings is 1. The summed E-state index contributed by atoms with van der Waals surface area (Å²) >= 11 is 1.79. The van der Waals surface area contributed by atoms with Crippen molar-refractivity contribution in [3.63, 3.8) is 0 Å². The zero-order valence-electron chi connectivity index (χ0n) is 8.64. The third-order valence-corrected chi connectivity index (χ3v) is 3.68. The Morgan fingerprint density at radius 1 is 1.25 bits per heavy atom. The van der Waals surface area contributed by atoms with Crippen molar-refractivity contribution in [3.05, 3.63) is 35.1 Å². The predicted octanol–water partition coefficient (Wildman–Crippen LogP) is 2.27. The van der Waals surface area contributed by atoms with Crippen LogP contribution in [0.3, 0.4) is 0 Å². The number of nitrogens with zero attached hydrogens (tertiary/aromatic N) is 2. The number of fused-ring (bicyclic) bond motifs is 1. The van der Waals surface area contributed by atoms with Gasteiger partial charge in [0.15, 0.2) is 0 Å². The summed E-state index contributed by atoms with van der Waals surface area (Å²) in [7, 11) is 0. The highest BCUT2D eigenvalue weighted by molar-refractivity contribution is 7.15. The zero-order chi connectivity index (χ0) is 10.1. The van der Waals surface area contributed by atoms with Gasteiger partial charge in [0.05, 0.1) is 5.69 Å². The predicted molar refractivity (Wildman–Crippen MR) is 68.0 cm³/mol. The Morgan fingerprint density at radius 3 is 2.81 bits per heavy atom. The van der Waals surface area contributed by atoms with E-state index in [1.165, 1.54) is 16.1 Å². The van der Waals surface area contributed by atoms with Crippen molar-refractivity contribution in [1.82, 2.24) is 15.3 Å². The van der Waals surface area contributed by atoms with Gasteiger partial charge in [-0.15, -0.1) is 23.7 Å². The van der Waals surface area contributed by atoms with Gasteiger partial charge in [0.2, 0.25) is 0 Å². The van der Waals surface area contributed by atoms with E-state index in [0.29, 0.717) is 0 Å². The standard InChI is InChI=1S/C11H11N3S.ClH/c1-4-12-5-2-8(1)11-14-9-3-6-13-7-10(9)15-11;/h1-2,4-5,13H,3,6-7H2;1H. The van der Waals surface area contributed by atoms with Crippen LogP contribution in [-0.2, 0) is 13.0 Å². The lowest BCUT2D eigenvalue weighted by atomic mass is 10.2. The SMILES string of the molecule is Cl.c1cc(-c2nc3c(s2)CNCC3)ccn1. The van der Waals surface area contributed by atoms with Crippen LogP contribution in [0.25, 0.3) is 10.6 Å². The summed E-state index contributed by atoms with van der Waals surface area (Å²) in [5.41, 5.74) is 2.44. The van der Waals surface area contributed by atoms with E-state index in [4.69, 9.17) is 0 Å². The summed E-state index contributed by atoms with van der Waals surface area (Å²) in [5.74, 6) is 0. The van der Waals surface area contributed by atoms with Crippen molar-refractivity contribution in [3.8, 4) is 10.6 Å². The van der Waals surface area contributed by atoms with E-state index in [-0.39, 0.29) is 12.4 Å². The summed E-state index contributed by atoms with van der Waals surface area (Å²) in [6, 6.07) is 4.02. The molecule has 1 aliphatic heterocycles. The molecule has 0 aromatic carbocycles. The second kappa shape index (κ2) is 4.91. The smallest absolute Gasteiger partial charge is 0.124 e. The maximum Gasteiger partial charge on any atom is 0.124 e. The largest absolute Gasteiger partial charge is 0.311 e. The molecule has 16 heavy (non-hydrogen) atoms. The minimum atomic E-state index is 0. The van der Waals surface area contributed by atoms with Crippen molar-refractivity contribution >= 4 is 23.7 Å². The highest BCUT2D eigenvalue weighted by Gasteiger charge is 2.15. The van der Waals surface area contributed by atoms with E-state index in [9.17, 15) is 0 Å². The van der Waals surface area contributed by atoms with Gasteiger partial charge in [0.25, 0.3) is 0 Å². The van der Waals surface area contributed by atoms with Crippen LogP contribution in [0.2, 0.25) is 0 Å². The molecule has 1 N–H and O–H groups in total. The number of hydrogen-bond acceptors (Lipinski definition) is 4. The Kier molecular flexibility index (Phi) is 3.53. The van der Waals surface area contributed by atoms with Gasteiger partial charge in [-0.3, -0.25) is 4.98 Å². The minimum Gasteiger partial charge on any atom is -0.311 e. The van der Waals surface area contributed by atoms with Crippen LogP contribution in [0.5, 0.6) is 0 Å².